The molecule has 0 aromatic rings. The van der Waals surface area contributed by atoms with Gasteiger partial charge in [0.15, 0.2) is 6.10 Å². The maximum absolute atomic E-state index is 12.7. The van der Waals surface area contributed by atoms with Gasteiger partial charge in [0.05, 0.1) is 0 Å². The first-order valence-electron chi connectivity index (χ1n) is 23.5. The molecule has 0 bridgehead atoms. The summed E-state index contributed by atoms with van der Waals surface area (Å²) in [6, 6.07) is 0. The summed E-state index contributed by atoms with van der Waals surface area (Å²) in [6.45, 7) is 6.16. The van der Waals surface area contributed by atoms with E-state index in [0.29, 0.717) is 12.8 Å². The van der Waals surface area contributed by atoms with Crippen molar-refractivity contribution in [3.05, 3.63) is 122 Å². The quantitative estimate of drug-likeness (QED) is 0.0265. The molecule has 6 nitrogen and oxygen atoms in total. The second-order valence-electron chi connectivity index (χ2n) is 14.9. The summed E-state index contributed by atoms with van der Waals surface area (Å²) in [7, 11) is 0. The van der Waals surface area contributed by atoms with Gasteiger partial charge < -0.3 is 14.2 Å². The van der Waals surface area contributed by atoms with Gasteiger partial charge in [0, 0.05) is 19.3 Å². The Balaban J connectivity index is 4.51. The summed E-state index contributed by atoms with van der Waals surface area (Å²) in [5.74, 6) is -1.04. The highest BCUT2D eigenvalue weighted by Crippen LogP contribution is 2.12. The van der Waals surface area contributed by atoms with Crippen LogP contribution in [0.4, 0.5) is 0 Å². The number of carbonyl (C=O) groups is 3. The summed E-state index contributed by atoms with van der Waals surface area (Å²) in [5, 5.41) is 0. The Hall–Kier alpha value is -4.19. The minimum atomic E-state index is -0.822. The first-order chi connectivity index (χ1) is 29.5. The van der Waals surface area contributed by atoms with Gasteiger partial charge in [-0.1, -0.05) is 168 Å². The lowest BCUT2D eigenvalue weighted by Gasteiger charge is -2.18. The van der Waals surface area contributed by atoms with Crippen molar-refractivity contribution in [1.82, 2.24) is 0 Å². The fraction of sp³-hybridized carbons (Fsp3) is 0.574. The molecule has 1 unspecified atom stereocenters. The third kappa shape index (κ3) is 44.9. The van der Waals surface area contributed by atoms with E-state index in [4.69, 9.17) is 14.2 Å². The largest absolute Gasteiger partial charge is 0.462 e. The standard InChI is InChI=1S/C54H84O6/c1-4-7-10-13-16-19-21-23-25-27-29-30-32-35-38-41-44-47-53(56)59-50-51(49-58-52(55)46-43-40-37-34-18-15-12-9-6-3)60-54(57)48-45-42-39-36-33-31-28-26-24-22-20-17-14-11-8-5-2/h7-12,16-20,23-26,29-30,34-35,38,51H,4-6,13-15,21-22,27-28,31-33,36-37,39-50H2,1-3H3/b10-7-,11-8-,12-9-,19-16-,20-17-,25-23-,26-24-,30-29-,34-18-,38-35-. The van der Waals surface area contributed by atoms with Gasteiger partial charge in [0.2, 0.25) is 0 Å². The Bertz CT molecular complexity index is 1320. The zero-order chi connectivity index (χ0) is 43.7. The molecule has 0 heterocycles. The summed E-state index contributed by atoms with van der Waals surface area (Å²) in [5.41, 5.74) is 0. The fourth-order valence-corrected chi connectivity index (χ4v) is 5.76. The molecule has 0 aromatic heterocycles. The molecule has 0 saturated carbocycles. The minimum absolute atomic E-state index is 0.122. The second kappa shape index (κ2) is 47.5. The monoisotopic (exact) mass is 829 g/mol. The van der Waals surface area contributed by atoms with Crippen LogP contribution >= 0.6 is 0 Å². The molecule has 0 saturated heterocycles. The van der Waals surface area contributed by atoms with Crippen molar-refractivity contribution in [3.63, 3.8) is 0 Å². The molecule has 0 amide bonds. The third-order valence-corrected chi connectivity index (χ3v) is 9.19. The summed E-state index contributed by atoms with van der Waals surface area (Å²) in [6.07, 6.45) is 64.8. The van der Waals surface area contributed by atoms with Crippen molar-refractivity contribution in [2.24, 2.45) is 0 Å². The highest BCUT2D eigenvalue weighted by molar-refractivity contribution is 5.71. The molecule has 1 atom stereocenters. The van der Waals surface area contributed by atoms with Gasteiger partial charge in [0.1, 0.15) is 13.2 Å². The molecule has 6 heteroatoms. The lowest BCUT2D eigenvalue weighted by Crippen LogP contribution is -2.30. The molecule has 0 rings (SSSR count). The van der Waals surface area contributed by atoms with Crippen molar-refractivity contribution in [2.45, 2.75) is 187 Å². The first kappa shape index (κ1) is 55.8. The van der Waals surface area contributed by atoms with E-state index in [1.807, 2.05) is 0 Å². The molecule has 336 valence electrons. The minimum Gasteiger partial charge on any atom is -0.462 e. The van der Waals surface area contributed by atoms with Crippen LogP contribution in [0.1, 0.15) is 181 Å². The summed E-state index contributed by atoms with van der Waals surface area (Å²) >= 11 is 0. The fourth-order valence-electron chi connectivity index (χ4n) is 5.76. The average molecular weight is 829 g/mol. The van der Waals surface area contributed by atoms with Gasteiger partial charge in [-0.3, -0.25) is 14.4 Å². The SMILES string of the molecule is CC/C=C\C/C=C\C/C=C\C/C=C\C/C=C\CCCC(=O)OCC(COC(=O)CCCC/C=C\C/C=C\CC)OC(=O)CCCCCCCC/C=C\C/C=C\C/C=C\CC. The Labute approximate surface area is 367 Å². The maximum Gasteiger partial charge on any atom is 0.306 e. The molecule has 0 spiro atoms. The number of hydrogen-bond acceptors (Lipinski definition) is 6. The average Bonchev–Trinajstić information content (AvgIpc) is 3.24. The lowest BCUT2D eigenvalue weighted by atomic mass is 10.1. The van der Waals surface area contributed by atoms with Crippen LogP contribution in [-0.4, -0.2) is 37.2 Å². The topological polar surface area (TPSA) is 78.9 Å². The van der Waals surface area contributed by atoms with Crippen LogP contribution < -0.4 is 0 Å². The molecule has 0 N–H and O–H groups in total. The predicted octanol–water partition coefficient (Wildman–Crippen LogP) is 15.4. The molecule has 0 fully saturated rings. The van der Waals surface area contributed by atoms with Crippen LogP contribution in [0.5, 0.6) is 0 Å². The van der Waals surface area contributed by atoms with E-state index in [-0.39, 0.29) is 44.0 Å². The summed E-state index contributed by atoms with van der Waals surface area (Å²) < 4.78 is 16.6. The maximum atomic E-state index is 12.7. The highest BCUT2D eigenvalue weighted by atomic mass is 16.6. The van der Waals surface area contributed by atoms with Crippen LogP contribution in [0.25, 0.3) is 0 Å². The molecular weight excluding hydrogens is 745 g/mol. The number of ether oxygens (including phenoxy) is 3. The first-order valence-corrected chi connectivity index (χ1v) is 23.5. The van der Waals surface area contributed by atoms with Crippen molar-refractivity contribution >= 4 is 17.9 Å². The van der Waals surface area contributed by atoms with Crippen molar-refractivity contribution in [3.8, 4) is 0 Å². The van der Waals surface area contributed by atoms with Gasteiger partial charge in [-0.2, -0.15) is 0 Å². The van der Waals surface area contributed by atoms with Crippen LogP contribution in [-0.2, 0) is 28.6 Å². The normalized spacial score (nSPS) is 13.2. The third-order valence-electron chi connectivity index (χ3n) is 9.19. The number of carbonyl (C=O) groups excluding carboxylic acids is 3. The zero-order valence-electron chi connectivity index (χ0n) is 38.2. The molecule has 0 aliphatic rings. The van der Waals surface area contributed by atoms with Gasteiger partial charge in [0.25, 0.3) is 0 Å². The molecule has 60 heavy (non-hydrogen) atoms. The van der Waals surface area contributed by atoms with E-state index in [9.17, 15) is 14.4 Å². The smallest absolute Gasteiger partial charge is 0.306 e. The molecule has 0 aliphatic heterocycles. The molecule has 0 radical (unpaired) electrons. The van der Waals surface area contributed by atoms with Crippen LogP contribution in [0.2, 0.25) is 0 Å². The van der Waals surface area contributed by atoms with Crippen molar-refractivity contribution < 1.29 is 28.6 Å². The Morgan fingerprint density at radius 2 is 0.617 bits per heavy atom. The van der Waals surface area contributed by atoms with Gasteiger partial charge in [-0.15, -0.1) is 0 Å². The van der Waals surface area contributed by atoms with E-state index in [1.54, 1.807) is 0 Å². The van der Waals surface area contributed by atoms with E-state index in [1.165, 1.54) is 12.8 Å². The molecule has 0 aromatic carbocycles. The Morgan fingerprint density at radius 1 is 0.333 bits per heavy atom. The number of esters is 3. The van der Waals surface area contributed by atoms with Crippen LogP contribution in [0, 0.1) is 0 Å². The van der Waals surface area contributed by atoms with E-state index < -0.39 is 6.10 Å². The van der Waals surface area contributed by atoms with E-state index in [2.05, 4.69) is 142 Å². The van der Waals surface area contributed by atoms with E-state index in [0.717, 1.165) is 122 Å². The number of hydrogen-bond donors (Lipinski definition) is 0. The Kier molecular flexibility index (Phi) is 44.2. The number of allylic oxidation sites excluding steroid dienone is 20. The summed E-state index contributed by atoms with van der Waals surface area (Å²) in [4.78, 5) is 37.8. The van der Waals surface area contributed by atoms with Crippen molar-refractivity contribution in [2.75, 3.05) is 13.2 Å². The second-order valence-corrected chi connectivity index (χ2v) is 14.9. The lowest BCUT2D eigenvalue weighted by molar-refractivity contribution is -0.167. The zero-order valence-corrected chi connectivity index (χ0v) is 38.2. The highest BCUT2D eigenvalue weighted by Gasteiger charge is 2.19. The number of rotatable bonds is 40. The van der Waals surface area contributed by atoms with Crippen LogP contribution in [0.15, 0.2) is 122 Å². The Morgan fingerprint density at radius 3 is 1.03 bits per heavy atom. The van der Waals surface area contributed by atoms with Gasteiger partial charge >= 0.3 is 17.9 Å². The van der Waals surface area contributed by atoms with Crippen LogP contribution in [0.3, 0.4) is 0 Å². The van der Waals surface area contributed by atoms with Gasteiger partial charge in [-0.05, 0) is 116 Å². The van der Waals surface area contributed by atoms with Gasteiger partial charge in [-0.25, -0.2) is 0 Å². The number of unbranched alkanes of at least 4 members (excludes halogenated alkanes) is 9. The molecular formula is C54H84O6. The molecule has 0 aliphatic carbocycles. The van der Waals surface area contributed by atoms with E-state index >= 15 is 0 Å². The predicted molar refractivity (Wildman–Crippen MR) is 256 cm³/mol. The van der Waals surface area contributed by atoms with Crippen molar-refractivity contribution in [1.29, 1.82) is 0 Å².